The van der Waals surface area contributed by atoms with Crippen LogP contribution in [0.25, 0.3) is 0 Å². The molecule has 1 rings (SSSR count). The molecule has 1 atom stereocenters. The Kier molecular flexibility index (Phi) is 6.64. The fourth-order valence-corrected chi connectivity index (χ4v) is 3.27. The van der Waals surface area contributed by atoms with E-state index >= 15 is 0 Å². The van der Waals surface area contributed by atoms with Crippen LogP contribution in [0.3, 0.4) is 0 Å². The quantitative estimate of drug-likeness (QED) is 0.410. The summed E-state index contributed by atoms with van der Waals surface area (Å²) in [7, 11) is -7.28. The molecule has 1 aromatic carbocycles. The van der Waals surface area contributed by atoms with E-state index < -0.39 is 24.5 Å². The molecule has 0 aromatic heterocycles. The molecule has 0 aliphatic heterocycles. The minimum Gasteiger partial charge on any atom is -0.309 e. The van der Waals surface area contributed by atoms with E-state index in [1.807, 2.05) is 0 Å². The molecule has 0 spiro atoms. The molecule has 1 aromatic rings. The summed E-state index contributed by atoms with van der Waals surface area (Å²) in [4.78, 5) is -0.0618. The van der Waals surface area contributed by atoms with Crippen molar-refractivity contribution in [2.75, 3.05) is 19.6 Å². The van der Waals surface area contributed by atoms with Crippen molar-refractivity contribution in [1.82, 2.24) is 0 Å². The first-order chi connectivity index (χ1) is 9.33. The Bertz CT molecular complexity index is 571. The molecule has 0 saturated carbocycles. The van der Waals surface area contributed by atoms with Gasteiger partial charge in [-0.05, 0) is 31.2 Å². The summed E-state index contributed by atoms with van der Waals surface area (Å²) in [6.45, 7) is 2.81. The fourth-order valence-electron chi connectivity index (χ4n) is 1.25. The molecule has 9 heteroatoms. The van der Waals surface area contributed by atoms with Gasteiger partial charge in [-0.25, -0.2) is 4.18 Å². The highest BCUT2D eigenvalue weighted by molar-refractivity contribution is 7.86. The van der Waals surface area contributed by atoms with Crippen molar-refractivity contribution in [3.8, 4) is 0 Å². The average molecular weight is 343 g/mol. The number of rotatable bonds is 8. The maximum atomic E-state index is 11.9. The summed E-state index contributed by atoms with van der Waals surface area (Å²) in [6.07, 6.45) is 0.130. The van der Waals surface area contributed by atoms with Crippen molar-refractivity contribution in [2.24, 2.45) is 0 Å². The fraction of sp³-hybridized carbons (Fsp3) is 0.455. The summed E-state index contributed by atoms with van der Waals surface area (Å²) < 4.78 is 50.0. The van der Waals surface area contributed by atoms with Crippen LogP contribution >= 0.6 is 19.2 Å². The summed E-state index contributed by atoms with van der Waals surface area (Å²) >= 11 is 5.67. The molecule has 0 saturated heterocycles. The minimum absolute atomic E-state index is 0.0618. The van der Waals surface area contributed by atoms with Gasteiger partial charge in [0.25, 0.3) is 10.1 Å². The van der Waals surface area contributed by atoms with Gasteiger partial charge in [0.2, 0.25) is 0 Å². The molecular weight excluding hydrogens is 327 g/mol. The second-order valence-electron chi connectivity index (χ2n) is 3.62. The van der Waals surface area contributed by atoms with Crippen LogP contribution in [0.2, 0.25) is 5.02 Å². The van der Waals surface area contributed by atoms with Crippen molar-refractivity contribution in [3.05, 3.63) is 29.3 Å². The molecule has 20 heavy (non-hydrogen) atoms. The Labute approximate surface area is 123 Å². The number of hydrogen-bond acceptors (Lipinski definition) is 6. The summed E-state index contributed by atoms with van der Waals surface area (Å²) in [5, 5.41) is 0.409. The second kappa shape index (κ2) is 7.54. The predicted molar refractivity (Wildman–Crippen MR) is 75.4 cm³/mol. The molecule has 0 fully saturated rings. The van der Waals surface area contributed by atoms with Crippen LogP contribution in [-0.2, 0) is 27.9 Å². The number of halogens is 1. The lowest BCUT2D eigenvalue weighted by atomic mass is 10.4. The van der Waals surface area contributed by atoms with Crippen LogP contribution in [0.4, 0.5) is 0 Å². The summed E-state index contributed by atoms with van der Waals surface area (Å²) in [5.74, 6) is 0. The van der Waals surface area contributed by atoms with Crippen LogP contribution in [0.1, 0.15) is 13.8 Å². The van der Waals surface area contributed by atoms with Gasteiger partial charge in [0.05, 0.1) is 11.5 Å². The minimum atomic E-state index is -3.98. The lowest BCUT2D eigenvalue weighted by Gasteiger charge is -2.15. The van der Waals surface area contributed by atoms with Gasteiger partial charge in [-0.1, -0.05) is 18.5 Å². The summed E-state index contributed by atoms with van der Waals surface area (Å²) in [5.41, 5.74) is 0. The van der Waals surface area contributed by atoms with Gasteiger partial charge in [0.1, 0.15) is 0 Å². The molecule has 1 unspecified atom stereocenters. The smallest absolute Gasteiger partial charge is 0.309 e. The first-order valence-corrected chi connectivity index (χ1v) is 9.37. The van der Waals surface area contributed by atoms with E-state index in [1.54, 1.807) is 13.8 Å². The van der Waals surface area contributed by atoms with Crippen molar-refractivity contribution in [1.29, 1.82) is 0 Å². The van der Waals surface area contributed by atoms with E-state index in [-0.39, 0.29) is 17.7 Å². The third kappa shape index (κ3) is 5.16. The highest BCUT2D eigenvalue weighted by Gasteiger charge is 2.23. The summed E-state index contributed by atoms with van der Waals surface area (Å²) in [6, 6.07) is 5.46. The van der Waals surface area contributed by atoms with Gasteiger partial charge < -0.3 is 4.52 Å². The molecule has 0 N–H and O–H groups in total. The molecule has 0 aliphatic rings. The third-order valence-corrected chi connectivity index (χ3v) is 5.70. The van der Waals surface area contributed by atoms with Crippen molar-refractivity contribution < 1.29 is 26.2 Å². The van der Waals surface area contributed by atoms with E-state index in [0.29, 0.717) is 5.02 Å². The average Bonchev–Trinajstić information content (AvgIpc) is 2.39. The maximum Gasteiger partial charge on any atom is 0.332 e. The van der Waals surface area contributed by atoms with Gasteiger partial charge in [-0.3, -0.25) is 9.09 Å². The molecule has 6 nitrogen and oxygen atoms in total. The van der Waals surface area contributed by atoms with Crippen LogP contribution in [0.15, 0.2) is 29.2 Å². The van der Waals surface area contributed by atoms with Gasteiger partial charge in [-0.15, -0.1) is 0 Å². The van der Waals surface area contributed by atoms with Gasteiger partial charge >= 0.3 is 7.60 Å². The van der Waals surface area contributed by atoms with E-state index in [4.69, 9.17) is 20.6 Å². The Hall–Kier alpha value is -0.430. The Morgan fingerprint density at radius 2 is 1.75 bits per heavy atom. The number of benzene rings is 1. The normalized spacial score (nSPS) is 14.9. The lowest BCUT2D eigenvalue weighted by Crippen LogP contribution is -2.10. The highest BCUT2D eigenvalue weighted by atomic mass is 35.5. The maximum absolute atomic E-state index is 11.9. The zero-order valence-corrected chi connectivity index (χ0v) is 13.6. The Morgan fingerprint density at radius 3 is 2.25 bits per heavy atom. The molecule has 0 bridgehead atoms. The van der Waals surface area contributed by atoms with Gasteiger partial charge in [-0.2, -0.15) is 8.42 Å². The van der Waals surface area contributed by atoms with E-state index in [9.17, 15) is 13.0 Å². The van der Waals surface area contributed by atoms with Crippen LogP contribution < -0.4 is 0 Å². The molecule has 0 heterocycles. The monoisotopic (exact) mass is 342 g/mol. The van der Waals surface area contributed by atoms with Gasteiger partial charge in [0.15, 0.2) is 6.79 Å². The predicted octanol–water partition coefficient (Wildman–Crippen LogP) is 3.27. The van der Waals surface area contributed by atoms with Crippen LogP contribution in [0.5, 0.6) is 0 Å². The van der Waals surface area contributed by atoms with E-state index in [0.717, 1.165) is 0 Å². The number of hydrogen-bond donors (Lipinski definition) is 0. The van der Waals surface area contributed by atoms with Crippen LogP contribution in [0, 0.1) is 0 Å². The first kappa shape index (κ1) is 17.6. The molecular formula is C11H16ClO6PS. The topological polar surface area (TPSA) is 78.9 Å². The molecule has 0 radical (unpaired) electrons. The zero-order chi connectivity index (χ0) is 15.2. The van der Waals surface area contributed by atoms with Gasteiger partial charge in [0, 0.05) is 11.2 Å². The molecule has 0 aliphatic carbocycles. The first-order valence-electron chi connectivity index (χ1n) is 5.86. The zero-order valence-electron chi connectivity index (χ0n) is 11.1. The third-order valence-electron chi connectivity index (χ3n) is 2.27. The van der Waals surface area contributed by atoms with Crippen molar-refractivity contribution >= 4 is 29.3 Å². The standard InChI is InChI=1S/C11H16ClO6PS/c1-3-16-19(13,4-2)17-9-18-20(14,15)11-7-5-10(12)6-8-11/h5-8H,3-4,9H2,1-2H3. The van der Waals surface area contributed by atoms with Crippen LogP contribution in [-0.4, -0.2) is 28.0 Å². The van der Waals surface area contributed by atoms with E-state index in [2.05, 4.69) is 4.18 Å². The van der Waals surface area contributed by atoms with Crippen molar-refractivity contribution in [2.45, 2.75) is 18.7 Å². The lowest BCUT2D eigenvalue weighted by molar-refractivity contribution is 0.101. The van der Waals surface area contributed by atoms with Crippen molar-refractivity contribution in [3.63, 3.8) is 0 Å². The second-order valence-corrected chi connectivity index (χ2v) is 8.04. The largest absolute Gasteiger partial charge is 0.332 e. The van der Waals surface area contributed by atoms with E-state index in [1.165, 1.54) is 24.3 Å². The SMILES string of the molecule is CCOP(=O)(CC)OCOS(=O)(=O)c1ccc(Cl)cc1. The Morgan fingerprint density at radius 1 is 1.15 bits per heavy atom. The molecule has 114 valence electrons. The molecule has 0 amide bonds. The highest BCUT2D eigenvalue weighted by Crippen LogP contribution is 2.47. The Balaban J connectivity index is 2.65.